The molecule has 2 aromatic heterocycles. The highest BCUT2D eigenvalue weighted by molar-refractivity contribution is 7.16. The Kier molecular flexibility index (Phi) is 4.81. The molecule has 0 saturated carbocycles. The van der Waals surface area contributed by atoms with Crippen molar-refractivity contribution in [3.63, 3.8) is 0 Å². The molecule has 3 heterocycles. The second-order valence-electron chi connectivity index (χ2n) is 8.00. The van der Waals surface area contributed by atoms with Crippen LogP contribution in [0.25, 0.3) is 0 Å². The van der Waals surface area contributed by atoms with E-state index in [0.29, 0.717) is 24.0 Å². The van der Waals surface area contributed by atoms with Gasteiger partial charge < -0.3 is 0 Å². The lowest BCUT2D eigenvalue weighted by atomic mass is 9.72. The van der Waals surface area contributed by atoms with E-state index in [-0.39, 0.29) is 11.6 Å². The fraction of sp³-hybridized carbons (Fsp3) is 0.391. The first-order valence-corrected chi connectivity index (χ1v) is 12.0. The number of amidine groups is 1. The number of Topliss-reactive ketones (excluding diaryl/α,β-unsaturated/α-hetero) is 1. The van der Waals surface area contributed by atoms with Crippen molar-refractivity contribution in [3.8, 4) is 12.1 Å². The summed E-state index contributed by atoms with van der Waals surface area (Å²) in [6.07, 6.45) is 5.94. The van der Waals surface area contributed by atoms with Gasteiger partial charge in [0.25, 0.3) is 0 Å². The Hall–Kier alpha value is -2.74. The number of nitriles is 2. The zero-order valence-electron chi connectivity index (χ0n) is 16.4. The smallest absolute Gasteiger partial charge is 0.161 e. The number of carbonyl (C=O) groups is 1. The van der Waals surface area contributed by atoms with Crippen molar-refractivity contribution >= 4 is 39.3 Å². The lowest BCUT2D eigenvalue weighted by molar-refractivity contribution is -0.116. The maximum absolute atomic E-state index is 13.1. The standard InChI is InChI=1S/C23H20N4OS2/c24-10-15-14-4-1-2-7-19(14)30-23(15)27-17-5-3-6-18(28)21(17)20(13-8-9-29-12-13)16(11-25)22(27)26/h8-9,12,16,20,26H,1-7H2. The summed E-state index contributed by atoms with van der Waals surface area (Å²) in [5.41, 5.74) is 4.18. The molecule has 0 radical (unpaired) electrons. The van der Waals surface area contributed by atoms with Gasteiger partial charge in [0.2, 0.25) is 0 Å². The van der Waals surface area contributed by atoms with Gasteiger partial charge >= 0.3 is 0 Å². The van der Waals surface area contributed by atoms with E-state index in [0.717, 1.165) is 53.9 Å². The van der Waals surface area contributed by atoms with E-state index < -0.39 is 11.8 Å². The first-order valence-electron chi connectivity index (χ1n) is 10.3. The zero-order chi connectivity index (χ0) is 20.8. The van der Waals surface area contributed by atoms with Gasteiger partial charge in [-0.25, -0.2) is 0 Å². The van der Waals surface area contributed by atoms with Gasteiger partial charge in [-0.05, 0) is 66.5 Å². The molecule has 150 valence electrons. The molecule has 2 aliphatic carbocycles. The Morgan fingerprint density at radius 1 is 1.13 bits per heavy atom. The summed E-state index contributed by atoms with van der Waals surface area (Å²) in [4.78, 5) is 16.1. The van der Waals surface area contributed by atoms with Gasteiger partial charge in [-0.1, -0.05) is 0 Å². The second kappa shape index (κ2) is 7.50. The summed E-state index contributed by atoms with van der Waals surface area (Å²) in [5.74, 6) is -0.874. The number of thiophene rings is 2. The van der Waals surface area contributed by atoms with Gasteiger partial charge in [-0.2, -0.15) is 21.9 Å². The number of allylic oxidation sites excluding steroid dienone is 2. The predicted molar refractivity (Wildman–Crippen MR) is 118 cm³/mol. The highest BCUT2D eigenvalue weighted by Gasteiger charge is 2.46. The number of anilines is 1. The van der Waals surface area contributed by atoms with E-state index in [1.54, 1.807) is 27.6 Å². The highest BCUT2D eigenvalue weighted by atomic mass is 32.1. The van der Waals surface area contributed by atoms with Crippen LogP contribution in [-0.4, -0.2) is 11.6 Å². The van der Waals surface area contributed by atoms with Crippen molar-refractivity contribution < 1.29 is 4.79 Å². The van der Waals surface area contributed by atoms with Gasteiger partial charge in [0, 0.05) is 28.5 Å². The molecular formula is C23H20N4OS2. The summed E-state index contributed by atoms with van der Waals surface area (Å²) in [6, 6.07) is 6.66. The third-order valence-corrected chi connectivity index (χ3v) is 8.37. The van der Waals surface area contributed by atoms with Crippen LogP contribution in [0.1, 0.15) is 59.6 Å². The van der Waals surface area contributed by atoms with Crippen LogP contribution in [0.3, 0.4) is 0 Å². The lowest BCUT2D eigenvalue weighted by Crippen LogP contribution is -2.45. The Labute approximate surface area is 183 Å². The SMILES string of the molecule is N#Cc1c(N2C(=N)C(C#N)C(c3ccsc3)C3=C2CCCC3=O)sc2c1CCCC2. The zero-order valence-corrected chi connectivity index (χ0v) is 18.0. The van der Waals surface area contributed by atoms with Crippen LogP contribution in [0.2, 0.25) is 0 Å². The molecule has 7 heteroatoms. The van der Waals surface area contributed by atoms with Crippen LogP contribution in [0.15, 0.2) is 28.1 Å². The topological polar surface area (TPSA) is 91.7 Å². The van der Waals surface area contributed by atoms with Crippen LogP contribution in [0.5, 0.6) is 0 Å². The molecule has 30 heavy (non-hydrogen) atoms. The highest BCUT2D eigenvalue weighted by Crippen LogP contribution is 2.50. The van der Waals surface area contributed by atoms with E-state index in [9.17, 15) is 15.3 Å². The number of hydrogen-bond donors (Lipinski definition) is 1. The summed E-state index contributed by atoms with van der Waals surface area (Å²) in [6.45, 7) is 0. The van der Waals surface area contributed by atoms with Gasteiger partial charge in [0.1, 0.15) is 22.8 Å². The van der Waals surface area contributed by atoms with E-state index in [2.05, 4.69) is 12.1 Å². The third kappa shape index (κ3) is 2.77. The molecule has 0 aromatic carbocycles. The van der Waals surface area contributed by atoms with Crippen molar-refractivity contribution in [2.45, 2.75) is 50.9 Å². The van der Waals surface area contributed by atoms with Crippen molar-refractivity contribution in [3.05, 3.63) is 49.7 Å². The number of fused-ring (bicyclic) bond motifs is 1. The summed E-state index contributed by atoms with van der Waals surface area (Å²) in [5, 5.41) is 33.7. The summed E-state index contributed by atoms with van der Waals surface area (Å²) >= 11 is 3.12. The number of hydrogen-bond acceptors (Lipinski definition) is 6. The molecule has 3 aliphatic rings. The quantitative estimate of drug-likeness (QED) is 0.698. The number of ketones is 1. The largest absolute Gasteiger partial charge is 0.294 e. The Morgan fingerprint density at radius 2 is 1.97 bits per heavy atom. The van der Waals surface area contributed by atoms with Crippen molar-refractivity contribution in [1.82, 2.24) is 0 Å². The molecule has 0 fully saturated rings. The van der Waals surface area contributed by atoms with Gasteiger partial charge in [-0.3, -0.25) is 15.1 Å². The first kappa shape index (κ1) is 19.2. The summed E-state index contributed by atoms with van der Waals surface area (Å²) in [7, 11) is 0. The molecule has 0 bridgehead atoms. The molecule has 2 unspecified atom stereocenters. The molecule has 0 amide bonds. The van der Waals surface area contributed by atoms with Gasteiger partial charge in [0.05, 0.1) is 11.6 Å². The number of rotatable bonds is 2. The number of aryl methyl sites for hydroxylation is 1. The molecule has 0 saturated heterocycles. The van der Waals surface area contributed by atoms with Crippen molar-refractivity contribution in [2.24, 2.45) is 5.92 Å². The molecule has 5 nitrogen and oxygen atoms in total. The number of carbonyl (C=O) groups excluding carboxylic acids is 1. The Balaban J connectivity index is 1.75. The minimum atomic E-state index is -0.744. The fourth-order valence-corrected chi connectivity index (χ4v) is 7.12. The number of nitrogens with zero attached hydrogens (tertiary/aromatic N) is 3. The van der Waals surface area contributed by atoms with E-state index >= 15 is 0 Å². The summed E-state index contributed by atoms with van der Waals surface area (Å²) < 4.78 is 0. The van der Waals surface area contributed by atoms with Gasteiger partial charge in [-0.15, -0.1) is 11.3 Å². The monoisotopic (exact) mass is 432 g/mol. The molecule has 0 spiro atoms. The minimum absolute atomic E-state index is 0.0741. The molecule has 1 N–H and O–H groups in total. The minimum Gasteiger partial charge on any atom is -0.294 e. The Morgan fingerprint density at radius 3 is 2.70 bits per heavy atom. The normalized spacial score (nSPS) is 23.6. The van der Waals surface area contributed by atoms with Crippen molar-refractivity contribution in [1.29, 1.82) is 15.9 Å². The average Bonchev–Trinajstić information content (AvgIpc) is 3.40. The number of nitrogens with one attached hydrogen (secondary N) is 1. The van der Waals surface area contributed by atoms with Crippen molar-refractivity contribution in [2.75, 3.05) is 4.90 Å². The van der Waals surface area contributed by atoms with Crippen LogP contribution >= 0.6 is 22.7 Å². The molecule has 5 rings (SSSR count). The Bertz CT molecular complexity index is 1160. The third-order valence-electron chi connectivity index (χ3n) is 6.39. The maximum Gasteiger partial charge on any atom is 0.161 e. The van der Waals surface area contributed by atoms with Crippen LogP contribution in [0.4, 0.5) is 5.00 Å². The van der Waals surface area contributed by atoms with E-state index in [4.69, 9.17) is 5.41 Å². The molecule has 1 aliphatic heterocycles. The van der Waals surface area contributed by atoms with E-state index in [1.165, 1.54) is 4.88 Å². The van der Waals surface area contributed by atoms with E-state index in [1.807, 2.05) is 16.8 Å². The fourth-order valence-electron chi connectivity index (χ4n) is 5.04. The first-order chi connectivity index (χ1) is 14.7. The van der Waals surface area contributed by atoms with Gasteiger partial charge in [0.15, 0.2) is 5.78 Å². The van der Waals surface area contributed by atoms with Crippen LogP contribution in [0, 0.1) is 34.0 Å². The predicted octanol–water partition coefficient (Wildman–Crippen LogP) is 5.29. The molecule has 2 atom stereocenters. The average molecular weight is 433 g/mol. The van der Waals surface area contributed by atoms with Crippen LogP contribution < -0.4 is 4.90 Å². The molecule has 2 aromatic rings. The molecular weight excluding hydrogens is 412 g/mol. The second-order valence-corrected chi connectivity index (χ2v) is 9.87. The lowest BCUT2D eigenvalue weighted by Gasteiger charge is -2.41. The maximum atomic E-state index is 13.1. The van der Waals surface area contributed by atoms with Crippen LogP contribution in [-0.2, 0) is 17.6 Å².